The molecule has 0 aliphatic carbocycles. The molecule has 26 heavy (non-hydrogen) atoms. The van der Waals surface area contributed by atoms with E-state index in [1.54, 1.807) is 0 Å². The molecule has 1 aliphatic heterocycles. The molecule has 138 valence electrons. The number of rotatable bonds is 6. The molecule has 0 aromatic heterocycles. The number of anilines is 1. The van der Waals surface area contributed by atoms with Crippen molar-refractivity contribution in [1.82, 2.24) is 0 Å². The Morgan fingerprint density at radius 2 is 1.62 bits per heavy atom. The van der Waals surface area contributed by atoms with Crippen LogP contribution in [0.1, 0.15) is 25.0 Å². The zero-order chi connectivity index (χ0) is 18.6. The third-order valence-corrected chi connectivity index (χ3v) is 4.86. The third kappa shape index (κ3) is 3.62. The van der Waals surface area contributed by atoms with E-state index in [1.807, 2.05) is 50.2 Å². The molecule has 0 radical (unpaired) electrons. The maximum absolute atomic E-state index is 11.5. The number of ether oxygens (including phenoxy) is 2. The van der Waals surface area contributed by atoms with E-state index in [0.717, 1.165) is 48.9 Å². The van der Waals surface area contributed by atoms with E-state index in [9.17, 15) is 5.11 Å². The number of benzene rings is 2. The summed E-state index contributed by atoms with van der Waals surface area (Å²) in [6.07, 6.45) is 0. The standard InChI is InChI=1S/C22H27NO3/c1-4-26-21-11-7-19(8-12-21)22(24,17(2)3)18-5-9-20(10-6-18)23-13-15-25-16-14-23/h5-12,24H,2,4,13-16H2,1,3H3. The zero-order valence-electron chi connectivity index (χ0n) is 15.6. The number of nitrogens with zero attached hydrogens (tertiary/aromatic N) is 1. The average Bonchev–Trinajstić information content (AvgIpc) is 2.69. The van der Waals surface area contributed by atoms with Crippen molar-refractivity contribution in [3.05, 3.63) is 71.8 Å². The summed E-state index contributed by atoms with van der Waals surface area (Å²) in [6, 6.07) is 15.6. The summed E-state index contributed by atoms with van der Waals surface area (Å²) in [7, 11) is 0. The van der Waals surface area contributed by atoms with Crippen molar-refractivity contribution < 1.29 is 14.6 Å². The number of hydrogen-bond acceptors (Lipinski definition) is 4. The van der Waals surface area contributed by atoms with Crippen molar-refractivity contribution in [2.75, 3.05) is 37.8 Å². The van der Waals surface area contributed by atoms with Crippen molar-refractivity contribution in [3.8, 4) is 5.75 Å². The smallest absolute Gasteiger partial charge is 0.136 e. The van der Waals surface area contributed by atoms with E-state index in [-0.39, 0.29) is 0 Å². The van der Waals surface area contributed by atoms with Gasteiger partial charge in [-0.3, -0.25) is 0 Å². The normalized spacial score (nSPS) is 16.8. The quantitative estimate of drug-likeness (QED) is 0.804. The van der Waals surface area contributed by atoms with Crippen LogP contribution in [0.2, 0.25) is 0 Å². The summed E-state index contributed by atoms with van der Waals surface area (Å²) in [5.41, 5.74) is 2.20. The van der Waals surface area contributed by atoms with E-state index < -0.39 is 5.60 Å². The fourth-order valence-corrected chi connectivity index (χ4v) is 3.35. The van der Waals surface area contributed by atoms with E-state index in [2.05, 4.69) is 23.6 Å². The molecular weight excluding hydrogens is 326 g/mol. The highest BCUT2D eigenvalue weighted by molar-refractivity contribution is 5.52. The predicted molar refractivity (Wildman–Crippen MR) is 105 cm³/mol. The van der Waals surface area contributed by atoms with Crippen molar-refractivity contribution >= 4 is 5.69 Å². The van der Waals surface area contributed by atoms with Crippen LogP contribution in [0.4, 0.5) is 5.69 Å². The van der Waals surface area contributed by atoms with Gasteiger partial charge in [0.25, 0.3) is 0 Å². The fraction of sp³-hybridized carbons (Fsp3) is 0.364. The summed E-state index contributed by atoms with van der Waals surface area (Å²) in [6.45, 7) is 11.8. The number of aliphatic hydroxyl groups is 1. The molecule has 2 aromatic rings. The van der Waals surface area contributed by atoms with Crippen LogP contribution >= 0.6 is 0 Å². The first-order valence-electron chi connectivity index (χ1n) is 9.10. The minimum absolute atomic E-state index is 0.618. The second-order valence-corrected chi connectivity index (χ2v) is 6.59. The van der Waals surface area contributed by atoms with Crippen LogP contribution in [-0.2, 0) is 10.3 Å². The Morgan fingerprint density at radius 3 is 2.12 bits per heavy atom. The molecule has 1 atom stereocenters. The van der Waals surface area contributed by atoms with E-state index in [0.29, 0.717) is 12.2 Å². The lowest BCUT2D eigenvalue weighted by Crippen LogP contribution is -2.36. The molecule has 3 rings (SSSR count). The Morgan fingerprint density at radius 1 is 1.08 bits per heavy atom. The Hall–Kier alpha value is -2.30. The average molecular weight is 353 g/mol. The Kier molecular flexibility index (Phi) is 5.64. The third-order valence-electron chi connectivity index (χ3n) is 4.86. The summed E-state index contributed by atoms with van der Waals surface area (Å²) in [5, 5.41) is 11.5. The van der Waals surface area contributed by atoms with Crippen LogP contribution in [0.25, 0.3) is 0 Å². The highest BCUT2D eigenvalue weighted by Crippen LogP contribution is 2.37. The van der Waals surface area contributed by atoms with Gasteiger partial charge in [0.15, 0.2) is 0 Å². The first-order chi connectivity index (χ1) is 12.6. The molecule has 0 spiro atoms. The molecule has 1 N–H and O–H groups in total. The second-order valence-electron chi connectivity index (χ2n) is 6.59. The van der Waals surface area contributed by atoms with Crippen molar-refractivity contribution in [2.45, 2.75) is 19.4 Å². The second kappa shape index (κ2) is 7.94. The Bertz CT molecular complexity index is 733. The minimum atomic E-state index is -1.23. The van der Waals surface area contributed by atoms with Crippen molar-refractivity contribution in [1.29, 1.82) is 0 Å². The van der Waals surface area contributed by atoms with Gasteiger partial charge >= 0.3 is 0 Å². The SMILES string of the molecule is C=C(C)C(O)(c1ccc(OCC)cc1)c1ccc(N2CCOCC2)cc1. The Labute approximate surface area is 155 Å². The highest BCUT2D eigenvalue weighted by atomic mass is 16.5. The predicted octanol–water partition coefficient (Wildman–Crippen LogP) is 3.73. The van der Waals surface area contributed by atoms with Crippen LogP contribution in [0.15, 0.2) is 60.7 Å². The van der Waals surface area contributed by atoms with E-state index in [4.69, 9.17) is 9.47 Å². The highest BCUT2D eigenvalue weighted by Gasteiger charge is 2.32. The molecule has 0 amide bonds. The lowest BCUT2D eigenvalue weighted by molar-refractivity contribution is 0.121. The van der Waals surface area contributed by atoms with Crippen LogP contribution in [0.3, 0.4) is 0 Å². The van der Waals surface area contributed by atoms with Crippen LogP contribution in [-0.4, -0.2) is 38.0 Å². The van der Waals surface area contributed by atoms with Crippen molar-refractivity contribution in [3.63, 3.8) is 0 Å². The van der Waals surface area contributed by atoms with Gasteiger partial charge in [0.1, 0.15) is 11.4 Å². The summed E-state index contributed by atoms with van der Waals surface area (Å²) >= 11 is 0. The van der Waals surface area contributed by atoms with Crippen LogP contribution in [0, 0.1) is 0 Å². The molecule has 4 heteroatoms. The van der Waals surface area contributed by atoms with Gasteiger partial charge in [0.2, 0.25) is 0 Å². The number of hydrogen-bond donors (Lipinski definition) is 1. The van der Waals surface area contributed by atoms with E-state index >= 15 is 0 Å². The largest absolute Gasteiger partial charge is 0.494 e. The molecule has 2 aromatic carbocycles. The lowest BCUT2D eigenvalue weighted by Gasteiger charge is -2.32. The monoisotopic (exact) mass is 353 g/mol. The summed E-state index contributed by atoms with van der Waals surface area (Å²) in [5.74, 6) is 0.794. The fourth-order valence-electron chi connectivity index (χ4n) is 3.35. The molecule has 1 saturated heterocycles. The minimum Gasteiger partial charge on any atom is -0.494 e. The molecular formula is C22H27NO3. The summed E-state index contributed by atoms with van der Waals surface area (Å²) < 4.78 is 10.9. The van der Waals surface area contributed by atoms with Gasteiger partial charge in [0, 0.05) is 18.8 Å². The Balaban J connectivity index is 1.90. The first kappa shape index (κ1) is 18.5. The van der Waals surface area contributed by atoms with Crippen LogP contribution < -0.4 is 9.64 Å². The topological polar surface area (TPSA) is 41.9 Å². The molecule has 0 saturated carbocycles. The lowest BCUT2D eigenvalue weighted by atomic mass is 9.81. The molecule has 1 heterocycles. The van der Waals surface area contributed by atoms with Gasteiger partial charge in [-0.25, -0.2) is 0 Å². The maximum atomic E-state index is 11.5. The van der Waals surface area contributed by atoms with Gasteiger partial charge in [0.05, 0.1) is 19.8 Å². The molecule has 1 fully saturated rings. The van der Waals surface area contributed by atoms with Gasteiger partial charge < -0.3 is 19.5 Å². The van der Waals surface area contributed by atoms with Gasteiger partial charge in [-0.15, -0.1) is 0 Å². The van der Waals surface area contributed by atoms with Crippen LogP contribution in [0.5, 0.6) is 5.75 Å². The summed E-state index contributed by atoms with van der Waals surface area (Å²) in [4.78, 5) is 2.30. The number of morpholine rings is 1. The van der Waals surface area contributed by atoms with Gasteiger partial charge in [-0.1, -0.05) is 30.8 Å². The molecule has 1 aliphatic rings. The first-order valence-corrected chi connectivity index (χ1v) is 9.10. The molecule has 0 bridgehead atoms. The molecule has 4 nitrogen and oxygen atoms in total. The zero-order valence-corrected chi connectivity index (χ0v) is 15.6. The molecule has 1 unspecified atom stereocenters. The van der Waals surface area contributed by atoms with E-state index in [1.165, 1.54) is 0 Å². The van der Waals surface area contributed by atoms with Gasteiger partial charge in [-0.2, -0.15) is 0 Å². The van der Waals surface area contributed by atoms with Crippen molar-refractivity contribution in [2.24, 2.45) is 0 Å². The maximum Gasteiger partial charge on any atom is 0.136 e. The van der Waals surface area contributed by atoms with Gasteiger partial charge in [-0.05, 0) is 54.8 Å².